The number of thioether (sulfide) groups is 1. The average Bonchev–Trinajstić information content (AvgIpc) is 3.25. The molecule has 2 heterocycles. The number of hydrogen-bond donors (Lipinski definition) is 0. The van der Waals surface area contributed by atoms with Gasteiger partial charge >= 0.3 is 0 Å². The van der Waals surface area contributed by atoms with Gasteiger partial charge in [0.1, 0.15) is 5.76 Å². The van der Waals surface area contributed by atoms with Gasteiger partial charge in [-0.05, 0) is 49.2 Å². The zero-order valence-electron chi connectivity index (χ0n) is 12.4. The molecule has 0 radical (unpaired) electrons. The van der Waals surface area contributed by atoms with Crippen molar-refractivity contribution in [3.05, 3.63) is 47.7 Å². The molecule has 7 heteroatoms. The van der Waals surface area contributed by atoms with E-state index in [-0.39, 0.29) is 5.09 Å². The van der Waals surface area contributed by atoms with E-state index in [4.69, 9.17) is 9.68 Å². The Labute approximate surface area is 140 Å². The summed E-state index contributed by atoms with van der Waals surface area (Å²) >= 11 is 1.54. The number of hydrogen-bond acceptors (Lipinski definition) is 5. The van der Waals surface area contributed by atoms with Gasteiger partial charge in [-0.3, -0.25) is 0 Å². The second-order valence-corrected chi connectivity index (χ2v) is 8.17. The number of nitrogens with zero attached hydrogens (tertiary/aromatic N) is 2. The molecule has 0 amide bonds. The lowest BCUT2D eigenvalue weighted by atomic mass is 10.2. The van der Waals surface area contributed by atoms with Crippen LogP contribution in [-0.2, 0) is 15.8 Å². The second kappa shape index (κ2) is 6.79. The van der Waals surface area contributed by atoms with Gasteiger partial charge in [-0.15, -0.1) is 11.8 Å². The van der Waals surface area contributed by atoms with Gasteiger partial charge in [-0.1, -0.05) is 0 Å². The Kier molecular flexibility index (Phi) is 4.76. The van der Waals surface area contributed by atoms with Crippen LogP contribution in [0.5, 0.6) is 0 Å². The molecule has 1 aliphatic heterocycles. The lowest BCUT2D eigenvalue weighted by Crippen LogP contribution is -2.27. The van der Waals surface area contributed by atoms with Crippen molar-refractivity contribution in [1.82, 2.24) is 4.31 Å². The summed E-state index contributed by atoms with van der Waals surface area (Å²) in [7, 11) is -3.49. The molecule has 1 fully saturated rings. The summed E-state index contributed by atoms with van der Waals surface area (Å²) in [5.74, 6) is 1.17. The number of furan rings is 1. The van der Waals surface area contributed by atoms with Crippen LogP contribution in [0.1, 0.15) is 24.2 Å². The summed E-state index contributed by atoms with van der Waals surface area (Å²) in [5, 5.41) is 8.80. The van der Waals surface area contributed by atoms with Crippen molar-refractivity contribution < 1.29 is 12.8 Å². The summed E-state index contributed by atoms with van der Waals surface area (Å²) in [5.41, 5.74) is 0.617. The highest BCUT2D eigenvalue weighted by Crippen LogP contribution is 2.27. The summed E-state index contributed by atoms with van der Waals surface area (Å²) in [4.78, 5) is 1.00. The third-order valence-electron chi connectivity index (χ3n) is 3.66. The van der Waals surface area contributed by atoms with E-state index in [0.717, 1.165) is 17.7 Å². The van der Waals surface area contributed by atoms with Crippen LogP contribution >= 0.6 is 11.8 Å². The maximum absolute atomic E-state index is 12.4. The summed E-state index contributed by atoms with van der Waals surface area (Å²) in [6, 6.07) is 12.6. The van der Waals surface area contributed by atoms with Crippen LogP contribution in [0.15, 0.2) is 50.8 Å². The summed E-state index contributed by atoms with van der Waals surface area (Å²) in [6.45, 7) is 1.14. The SMILES string of the molecule is N#Cc1ccc(SCc2ccc(S(=O)(=O)N3CCCC3)o2)cc1. The Bertz CT molecular complexity index is 814. The molecule has 1 aromatic carbocycles. The first-order valence-corrected chi connectivity index (χ1v) is 9.74. The molecule has 5 nitrogen and oxygen atoms in total. The summed E-state index contributed by atoms with van der Waals surface area (Å²) in [6.07, 6.45) is 1.81. The van der Waals surface area contributed by atoms with Crippen LogP contribution in [0.3, 0.4) is 0 Å². The third kappa shape index (κ3) is 3.61. The van der Waals surface area contributed by atoms with Crippen LogP contribution in [0.4, 0.5) is 0 Å². The number of benzene rings is 1. The fourth-order valence-corrected chi connectivity index (χ4v) is 4.65. The molecule has 0 aliphatic carbocycles. The zero-order chi connectivity index (χ0) is 16.3. The third-order valence-corrected chi connectivity index (χ3v) is 6.47. The minimum atomic E-state index is -3.49. The number of rotatable bonds is 5. The van der Waals surface area contributed by atoms with Gasteiger partial charge in [0.25, 0.3) is 10.0 Å². The topological polar surface area (TPSA) is 74.3 Å². The van der Waals surface area contributed by atoms with E-state index in [2.05, 4.69) is 6.07 Å². The molecule has 0 spiro atoms. The molecule has 0 bridgehead atoms. The lowest BCUT2D eigenvalue weighted by Gasteiger charge is -2.12. The van der Waals surface area contributed by atoms with Gasteiger partial charge in [0, 0.05) is 18.0 Å². The molecule has 3 rings (SSSR count). The van der Waals surface area contributed by atoms with Crippen molar-refractivity contribution in [3.63, 3.8) is 0 Å². The molecule has 2 aromatic rings. The Balaban J connectivity index is 1.66. The van der Waals surface area contributed by atoms with Gasteiger partial charge in [-0.2, -0.15) is 9.57 Å². The van der Waals surface area contributed by atoms with E-state index in [9.17, 15) is 8.42 Å². The molecular weight excluding hydrogens is 332 g/mol. The smallest absolute Gasteiger partial charge is 0.276 e. The van der Waals surface area contributed by atoms with E-state index in [0.29, 0.717) is 30.2 Å². The molecule has 1 saturated heterocycles. The molecule has 120 valence electrons. The van der Waals surface area contributed by atoms with Gasteiger partial charge in [0.2, 0.25) is 5.09 Å². The molecule has 0 saturated carbocycles. The van der Waals surface area contributed by atoms with Crippen molar-refractivity contribution in [3.8, 4) is 6.07 Å². The molecule has 0 N–H and O–H groups in total. The van der Waals surface area contributed by atoms with E-state index in [1.807, 2.05) is 12.1 Å². The molecule has 0 atom stereocenters. The van der Waals surface area contributed by atoms with Crippen molar-refractivity contribution in [1.29, 1.82) is 5.26 Å². The van der Waals surface area contributed by atoms with Crippen LogP contribution in [-0.4, -0.2) is 25.8 Å². The van der Waals surface area contributed by atoms with Crippen LogP contribution in [0.2, 0.25) is 0 Å². The van der Waals surface area contributed by atoms with E-state index >= 15 is 0 Å². The predicted octanol–water partition coefficient (Wildman–Crippen LogP) is 3.23. The maximum atomic E-state index is 12.4. The molecule has 1 aliphatic rings. The van der Waals surface area contributed by atoms with Gasteiger partial charge in [-0.25, -0.2) is 8.42 Å². The van der Waals surface area contributed by atoms with Crippen molar-refractivity contribution in [2.24, 2.45) is 0 Å². The van der Waals surface area contributed by atoms with Crippen molar-refractivity contribution in [2.45, 2.75) is 28.6 Å². The summed E-state index contributed by atoms with van der Waals surface area (Å²) < 4.78 is 31.8. The van der Waals surface area contributed by atoms with Crippen LogP contribution in [0, 0.1) is 11.3 Å². The first kappa shape index (κ1) is 16.1. The van der Waals surface area contributed by atoms with E-state index in [1.165, 1.54) is 22.1 Å². The Morgan fingerprint density at radius 3 is 2.48 bits per heavy atom. The normalized spacial score (nSPS) is 15.6. The highest BCUT2D eigenvalue weighted by molar-refractivity contribution is 7.98. The van der Waals surface area contributed by atoms with E-state index in [1.54, 1.807) is 18.2 Å². The largest absolute Gasteiger partial charge is 0.447 e. The lowest BCUT2D eigenvalue weighted by molar-refractivity contribution is 0.397. The monoisotopic (exact) mass is 348 g/mol. The number of sulfonamides is 1. The molecular formula is C16H16N2O3S2. The quantitative estimate of drug-likeness (QED) is 0.776. The standard InChI is InChI=1S/C16H16N2O3S2/c17-11-13-3-6-15(7-4-13)22-12-14-5-8-16(21-14)23(19,20)18-9-1-2-10-18/h3-8H,1-2,9-10,12H2. The maximum Gasteiger partial charge on any atom is 0.276 e. The Hall–Kier alpha value is -1.75. The minimum absolute atomic E-state index is 0.0230. The molecule has 23 heavy (non-hydrogen) atoms. The van der Waals surface area contributed by atoms with Gasteiger partial charge < -0.3 is 4.42 Å². The Morgan fingerprint density at radius 1 is 1.13 bits per heavy atom. The fourth-order valence-electron chi connectivity index (χ4n) is 2.41. The Morgan fingerprint density at radius 2 is 1.83 bits per heavy atom. The van der Waals surface area contributed by atoms with Gasteiger partial charge in [0.15, 0.2) is 0 Å². The van der Waals surface area contributed by atoms with Crippen LogP contribution < -0.4 is 0 Å². The minimum Gasteiger partial charge on any atom is -0.447 e. The average molecular weight is 348 g/mol. The fraction of sp³-hybridized carbons (Fsp3) is 0.312. The first-order chi connectivity index (χ1) is 11.1. The molecule has 0 unspecified atom stereocenters. The highest BCUT2D eigenvalue weighted by atomic mass is 32.2. The van der Waals surface area contributed by atoms with Crippen molar-refractivity contribution in [2.75, 3.05) is 13.1 Å². The number of nitriles is 1. The second-order valence-electron chi connectivity index (χ2n) is 5.26. The van der Waals surface area contributed by atoms with E-state index < -0.39 is 10.0 Å². The van der Waals surface area contributed by atoms with Crippen LogP contribution in [0.25, 0.3) is 0 Å². The van der Waals surface area contributed by atoms with Gasteiger partial charge in [0.05, 0.1) is 17.4 Å². The molecule has 1 aromatic heterocycles. The van der Waals surface area contributed by atoms with Crippen molar-refractivity contribution >= 4 is 21.8 Å². The highest BCUT2D eigenvalue weighted by Gasteiger charge is 2.29. The first-order valence-electron chi connectivity index (χ1n) is 7.31. The zero-order valence-corrected chi connectivity index (χ0v) is 14.1. The predicted molar refractivity (Wildman–Crippen MR) is 87.4 cm³/mol.